The van der Waals surface area contributed by atoms with Gasteiger partial charge in [-0.3, -0.25) is 9.59 Å². The topological polar surface area (TPSA) is 95.5 Å². The summed E-state index contributed by atoms with van der Waals surface area (Å²) in [4.78, 5) is 36.7. The molecule has 0 aliphatic heterocycles. The maximum absolute atomic E-state index is 12.9. The minimum atomic E-state index is -0.885. The van der Waals surface area contributed by atoms with E-state index in [0.717, 1.165) is 24.0 Å². The predicted molar refractivity (Wildman–Crippen MR) is 133 cm³/mol. The molecule has 0 radical (unpaired) electrons. The van der Waals surface area contributed by atoms with Crippen LogP contribution in [0.15, 0.2) is 72.8 Å². The summed E-state index contributed by atoms with van der Waals surface area (Å²) in [7, 11) is 0. The molecule has 4 rings (SSSR count). The summed E-state index contributed by atoms with van der Waals surface area (Å²) in [6.45, 7) is 0. The second-order valence-corrected chi connectivity index (χ2v) is 8.88. The lowest BCUT2D eigenvalue weighted by molar-refractivity contribution is -0.144. The molecule has 1 fully saturated rings. The minimum Gasteiger partial charge on any atom is -0.481 e. The number of ketones is 1. The second kappa shape index (κ2) is 10.5. The fourth-order valence-corrected chi connectivity index (χ4v) is 4.58. The Morgan fingerprint density at radius 2 is 1.35 bits per heavy atom. The Morgan fingerprint density at radius 3 is 1.97 bits per heavy atom. The van der Waals surface area contributed by atoms with Crippen molar-refractivity contribution in [1.29, 1.82) is 0 Å². The van der Waals surface area contributed by atoms with Crippen molar-refractivity contribution in [3.63, 3.8) is 0 Å². The van der Waals surface area contributed by atoms with Crippen molar-refractivity contribution in [1.82, 2.24) is 0 Å². The van der Waals surface area contributed by atoms with Crippen molar-refractivity contribution in [3.8, 4) is 11.1 Å². The number of hydrogen-bond acceptors (Lipinski definition) is 3. The van der Waals surface area contributed by atoms with Crippen LogP contribution in [0.2, 0.25) is 5.02 Å². The Balaban J connectivity index is 1.39. The van der Waals surface area contributed by atoms with Gasteiger partial charge in [-0.1, -0.05) is 66.9 Å². The lowest BCUT2D eigenvalue weighted by Gasteiger charge is -2.27. The number of Topliss-reactive ketones (excluding diaryl/α,β-unsaturated/α-hetero) is 1. The standard InChI is InChI=1S/C27H25ClN2O4/c28-20-4-3-5-22(16-20)30-27(34)29-21-14-12-18(13-15-21)17-8-10-19(11-9-17)25(31)23-6-1-2-7-24(23)26(32)33/h3-5,8-16,23-24H,1-2,6-7H2,(H,32,33)(H2,29,30,34). The molecule has 2 amide bonds. The molecule has 1 aliphatic carbocycles. The summed E-state index contributed by atoms with van der Waals surface area (Å²) in [5, 5.41) is 15.5. The van der Waals surface area contributed by atoms with Gasteiger partial charge >= 0.3 is 12.0 Å². The highest BCUT2D eigenvalue weighted by molar-refractivity contribution is 6.30. The van der Waals surface area contributed by atoms with E-state index in [2.05, 4.69) is 10.6 Å². The van der Waals surface area contributed by atoms with E-state index >= 15 is 0 Å². The van der Waals surface area contributed by atoms with Gasteiger partial charge in [0.1, 0.15) is 0 Å². The fraction of sp³-hybridized carbons (Fsp3) is 0.222. The monoisotopic (exact) mass is 476 g/mol. The summed E-state index contributed by atoms with van der Waals surface area (Å²) >= 11 is 5.94. The minimum absolute atomic E-state index is 0.0936. The van der Waals surface area contributed by atoms with Crippen molar-refractivity contribution in [2.45, 2.75) is 25.7 Å². The van der Waals surface area contributed by atoms with E-state index in [-0.39, 0.29) is 11.8 Å². The van der Waals surface area contributed by atoms with Gasteiger partial charge in [0.25, 0.3) is 0 Å². The van der Waals surface area contributed by atoms with Crippen molar-refractivity contribution in [2.75, 3.05) is 10.6 Å². The molecule has 0 saturated heterocycles. The second-order valence-electron chi connectivity index (χ2n) is 8.44. The van der Waals surface area contributed by atoms with E-state index in [1.54, 1.807) is 48.5 Å². The highest BCUT2D eigenvalue weighted by Gasteiger charge is 2.35. The van der Waals surface area contributed by atoms with Crippen LogP contribution in [0.25, 0.3) is 11.1 Å². The Hall–Kier alpha value is -3.64. The third-order valence-electron chi connectivity index (χ3n) is 6.15. The molecule has 0 heterocycles. The van der Waals surface area contributed by atoms with Crippen LogP contribution in [0.4, 0.5) is 16.2 Å². The normalized spacial score (nSPS) is 17.6. The molecule has 7 heteroatoms. The summed E-state index contributed by atoms with van der Waals surface area (Å²) in [6, 6.07) is 21.1. The lowest BCUT2D eigenvalue weighted by atomic mass is 9.75. The van der Waals surface area contributed by atoms with Gasteiger partial charge in [-0.2, -0.15) is 0 Å². The summed E-state index contributed by atoms with van der Waals surface area (Å²) < 4.78 is 0. The van der Waals surface area contributed by atoms with Gasteiger partial charge in [-0.05, 0) is 54.3 Å². The van der Waals surface area contributed by atoms with Crippen LogP contribution in [0.1, 0.15) is 36.0 Å². The number of hydrogen-bond donors (Lipinski definition) is 3. The van der Waals surface area contributed by atoms with Crippen molar-refractivity contribution >= 4 is 40.8 Å². The van der Waals surface area contributed by atoms with Crippen molar-refractivity contribution < 1.29 is 19.5 Å². The molecule has 3 aromatic carbocycles. The average Bonchev–Trinajstić information content (AvgIpc) is 2.84. The number of anilines is 2. The molecule has 6 nitrogen and oxygen atoms in total. The molecule has 174 valence electrons. The third-order valence-corrected chi connectivity index (χ3v) is 6.38. The number of urea groups is 1. The van der Waals surface area contributed by atoms with Crippen LogP contribution in [0.5, 0.6) is 0 Å². The molecule has 0 bridgehead atoms. The van der Waals surface area contributed by atoms with Crippen LogP contribution in [-0.2, 0) is 4.79 Å². The number of carbonyl (C=O) groups is 3. The molecular weight excluding hydrogens is 452 g/mol. The molecule has 3 N–H and O–H groups in total. The maximum atomic E-state index is 12.9. The summed E-state index contributed by atoms with van der Waals surface area (Å²) in [5.74, 6) is -2.04. The molecule has 3 aromatic rings. The Morgan fingerprint density at radius 1 is 0.765 bits per heavy atom. The third kappa shape index (κ3) is 5.64. The highest BCUT2D eigenvalue weighted by atomic mass is 35.5. The number of carbonyl (C=O) groups excluding carboxylic acids is 2. The van der Waals surface area contributed by atoms with E-state index < -0.39 is 17.8 Å². The van der Waals surface area contributed by atoms with Crippen molar-refractivity contribution in [3.05, 3.63) is 83.4 Å². The molecule has 1 saturated carbocycles. The van der Waals surface area contributed by atoms with Crippen LogP contribution in [0.3, 0.4) is 0 Å². The molecule has 34 heavy (non-hydrogen) atoms. The van der Waals surface area contributed by atoms with Gasteiger partial charge in [-0.15, -0.1) is 0 Å². The van der Waals surface area contributed by atoms with Crippen LogP contribution >= 0.6 is 11.6 Å². The van der Waals surface area contributed by atoms with Gasteiger partial charge in [0.15, 0.2) is 5.78 Å². The number of aliphatic carboxylic acids is 1. The smallest absolute Gasteiger partial charge is 0.323 e. The van der Waals surface area contributed by atoms with Crippen LogP contribution in [-0.4, -0.2) is 22.9 Å². The first kappa shape index (κ1) is 23.5. The molecule has 0 aromatic heterocycles. The summed E-state index contributed by atoms with van der Waals surface area (Å²) in [6.07, 6.45) is 2.92. The number of halogens is 1. The molecule has 2 atom stereocenters. The maximum Gasteiger partial charge on any atom is 0.323 e. The number of nitrogens with one attached hydrogen (secondary N) is 2. The van der Waals surface area contributed by atoms with Gasteiger partial charge in [0, 0.05) is 27.9 Å². The van der Waals surface area contributed by atoms with E-state index in [4.69, 9.17) is 11.6 Å². The number of carboxylic acid groups (broad SMARTS) is 1. The van der Waals surface area contributed by atoms with Gasteiger partial charge in [0.2, 0.25) is 0 Å². The Labute approximate surface area is 203 Å². The quantitative estimate of drug-likeness (QED) is 0.344. The zero-order chi connectivity index (χ0) is 24.1. The molecular formula is C27H25ClN2O4. The van der Waals surface area contributed by atoms with E-state index in [0.29, 0.717) is 34.8 Å². The van der Waals surface area contributed by atoms with Crippen LogP contribution in [0, 0.1) is 11.8 Å². The molecule has 2 unspecified atom stereocenters. The first-order valence-corrected chi connectivity index (χ1v) is 11.6. The number of rotatable bonds is 6. The van der Waals surface area contributed by atoms with E-state index in [1.165, 1.54) is 0 Å². The van der Waals surface area contributed by atoms with Gasteiger partial charge in [0.05, 0.1) is 5.92 Å². The summed E-state index contributed by atoms with van der Waals surface area (Å²) in [5.41, 5.74) is 3.62. The lowest BCUT2D eigenvalue weighted by Crippen LogP contribution is -2.32. The SMILES string of the molecule is O=C(Nc1ccc(-c2ccc(C(=O)C3CCCCC3C(=O)O)cc2)cc1)Nc1cccc(Cl)c1. The van der Waals surface area contributed by atoms with Crippen molar-refractivity contribution in [2.24, 2.45) is 11.8 Å². The fourth-order valence-electron chi connectivity index (χ4n) is 4.39. The van der Waals surface area contributed by atoms with Gasteiger partial charge in [-0.25, -0.2) is 4.79 Å². The number of benzene rings is 3. The zero-order valence-corrected chi connectivity index (χ0v) is 19.2. The zero-order valence-electron chi connectivity index (χ0n) is 18.5. The molecule has 1 aliphatic rings. The Bertz CT molecular complexity index is 1190. The van der Waals surface area contributed by atoms with E-state index in [9.17, 15) is 19.5 Å². The number of amides is 2. The molecule has 0 spiro atoms. The van der Waals surface area contributed by atoms with Gasteiger partial charge < -0.3 is 15.7 Å². The average molecular weight is 477 g/mol. The largest absolute Gasteiger partial charge is 0.481 e. The Kier molecular flexibility index (Phi) is 7.28. The van der Waals surface area contributed by atoms with E-state index in [1.807, 2.05) is 24.3 Å². The van der Waals surface area contributed by atoms with Crippen LogP contribution < -0.4 is 10.6 Å². The first-order valence-electron chi connectivity index (χ1n) is 11.2. The first-order chi connectivity index (χ1) is 16.4. The number of carboxylic acids is 1. The highest BCUT2D eigenvalue weighted by Crippen LogP contribution is 2.33. The predicted octanol–water partition coefficient (Wildman–Crippen LogP) is 6.72.